The number of rotatable bonds is 5. The number of carbonyl (C=O) groups is 1. The average molecular weight is 343 g/mol. The van der Waals surface area contributed by atoms with Crippen LogP contribution in [0.4, 0.5) is 4.79 Å². The van der Waals surface area contributed by atoms with Gasteiger partial charge in [0.15, 0.2) is 0 Å². The molecule has 0 aliphatic carbocycles. The second kappa shape index (κ2) is 7.72. The van der Waals surface area contributed by atoms with E-state index in [9.17, 15) is 4.79 Å². The van der Waals surface area contributed by atoms with Crippen LogP contribution in [0.3, 0.4) is 0 Å². The van der Waals surface area contributed by atoms with Crippen LogP contribution in [0.2, 0.25) is 0 Å². The second-order valence-corrected chi connectivity index (χ2v) is 7.59. The van der Waals surface area contributed by atoms with Gasteiger partial charge in [-0.15, -0.1) is 0 Å². The number of nitrogens with zero attached hydrogens (tertiary/aromatic N) is 2. The predicted octanol–water partition coefficient (Wildman–Crippen LogP) is 3.97. The monoisotopic (exact) mass is 343 g/mol. The van der Waals surface area contributed by atoms with Gasteiger partial charge in [-0.25, -0.2) is 4.79 Å². The molecule has 0 aliphatic heterocycles. The second-order valence-electron chi connectivity index (χ2n) is 7.59. The molecule has 1 aromatic heterocycles. The van der Waals surface area contributed by atoms with Crippen LogP contribution in [0.15, 0.2) is 28.8 Å². The first-order valence-corrected chi connectivity index (χ1v) is 8.68. The molecule has 0 atom stereocenters. The topological polar surface area (TPSA) is 58.4 Å². The van der Waals surface area contributed by atoms with E-state index >= 15 is 0 Å². The lowest BCUT2D eigenvalue weighted by Crippen LogP contribution is -2.38. The summed E-state index contributed by atoms with van der Waals surface area (Å²) in [5.41, 5.74) is 4.50. The number of aromatic nitrogens is 1. The fraction of sp³-hybridized carbons (Fsp3) is 0.500. The molecule has 25 heavy (non-hydrogen) atoms. The van der Waals surface area contributed by atoms with E-state index in [2.05, 4.69) is 55.5 Å². The molecule has 0 saturated heterocycles. The molecular weight excluding hydrogens is 314 g/mol. The molecule has 2 aromatic rings. The summed E-state index contributed by atoms with van der Waals surface area (Å²) in [6.45, 7) is 11.5. The largest absolute Gasteiger partial charge is 0.361 e. The fourth-order valence-electron chi connectivity index (χ4n) is 2.66. The standard InChI is InChI=1S/C20H29N3O2/c1-14-18(15(2)25-22-14)13-23(6)19(24)21-12-11-16-7-9-17(10-8-16)20(3,4)5/h7-10H,11-13H2,1-6H3,(H,21,24). The van der Waals surface area contributed by atoms with E-state index in [0.29, 0.717) is 13.1 Å². The van der Waals surface area contributed by atoms with Crippen molar-refractivity contribution in [1.82, 2.24) is 15.4 Å². The normalized spacial score (nSPS) is 11.4. The molecule has 2 amide bonds. The molecule has 1 aromatic carbocycles. The average Bonchev–Trinajstić information content (AvgIpc) is 2.86. The van der Waals surface area contributed by atoms with Crippen molar-refractivity contribution in [3.05, 3.63) is 52.4 Å². The Bertz CT molecular complexity index is 692. The molecule has 1 N–H and O–H groups in total. The highest BCUT2D eigenvalue weighted by molar-refractivity contribution is 5.73. The van der Waals surface area contributed by atoms with Gasteiger partial charge in [0.2, 0.25) is 0 Å². The Morgan fingerprint density at radius 1 is 1.20 bits per heavy atom. The van der Waals surface area contributed by atoms with Gasteiger partial charge in [-0.3, -0.25) is 0 Å². The highest BCUT2D eigenvalue weighted by Crippen LogP contribution is 2.22. The van der Waals surface area contributed by atoms with Gasteiger partial charge in [0.05, 0.1) is 12.2 Å². The third-order valence-electron chi connectivity index (χ3n) is 4.43. The van der Waals surface area contributed by atoms with Crippen LogP contribution in [-0.2, 0) is 18.4 Å². The Hall–Kier alpha value is -2.30. The lowest BCUT2D eigenvalue weighted by Gasteiger charge is -2.19. The van der Waals surface area contributed by atoms with Crippen molar-refractivity contribution in [2.24, 2.45) is 0 Å². The quantitative estimate of drug-likeness (QED) is 0.893. The van der Waals surface area contributed by atoms with Gasteiger partial charge in [0.1, 0.15) is 5.76 Å². The fourth-order valence-corrected chi connectivity index (χ4v) is 2.66. The number of nitrogens with one attached hydrogen (secondary N) is 1. The van der Waals surface area contributed by atoms with Gasteiger partial charge in [-0.2, -0.15) is 0 Å². The van der Waals surface area contributed by atoms with Crippen molar-refractivity contribution >= 4 is 6.03 Å². The maximum Gasteiger partial charge on any atom is 0.317 e. The van der Waals surface area contributed by atoms with Crippen LogP contribution in [0.25, 0.3) is 0 Å². The van der Waals surface area contributed by atoms with Gasteiger partial charge >= 0.3 is 6.03 Å². The predicted molar refractivity (Wildman–Crippen MR) is 99.7 cm³/mol. The molecule has 0 spiro atoms. The summed E-state index contributed by atoms with van der Waals surface area (Å²) in [4.78, 5) is 13.9. The lowest BCUT2D eigenvalue weighted by molar-refractivity contribution is 0.207. The first kappa shape index (κ1) is 19.0. The Kier molecular flexibility index (Phi) is 5.88. The number of carbonyl (C=O) groups excluding carboxylic acids is 1. The van der Waals surface area contributed by atoms with Crippen molar-refractivity contribution < 1.29 is 9.32 Å². The van der Waals surface area contributed by atoms with Crippen LogP contribution in [0.5, 0.6) is 0 Å². The number of hydrogen-bond acceptors (Lipinski definition) is 3. The summed E-state index contributed by atoms with van der Waals surface area (Å²) < 4.78 is 5.14. The Balaban J connectivity index is 1.82. The van der Waals surface area contributed by atoms with Gasteiger partial charge in [-0.05, 0) is 36.8 Å². The summed E-state index contributed by atoms with van der Waals surface area (Å²) in [6, 6.07) is 8.52. The van der Waals surface area contributed by atoms with Crippen LogP contribution < -0.4 is 5.32 Å². The summed E-state index contributed by atoms with van der Waals surface area (Å²) >= 11 is 0. The minimum atomic E-state index is -0.0914. The van der Waals surface area contributed by atoms with Crippen molar-refractivity contribution in [3.8, 4) is 0 Å². The Morgan fingerprint density at radius 3 is 2.36 bits per heavy atom. The van der Waals surface area contributed by atoms with E-state index in [1.54, 1.807) is 11.9 Å². The molecule has 136 valence electrons. The molecule has 0 radical (unpaired) electrons. The van der Waals surface area contributed by atoms with Gasteiger partial charge in [0.25, 0.3) is 0 Å². The first-order chi connectivity index (χ1) is 11.7. The molecule has 0 unspecified atom stereocenters. The summed E-state index contributed by atoms with van der Waals surface area (Å²) in [7, 11) is 1.78. The number of benzene rings is 1. The summed E-state index contributed by atoms with van der Waals surface area (Å²) in [5.74, 6) is 0.760. The van der Waals surface area contributed by atoms with Crippen LogP contribution in [0.1, 0.15) is 48.9 Å². The SMILES string of the molecule is Cc1noc(C)c1CN(C)C(=O)NCCc1ccc(C(C)(C)C)cc1. The van der Waals surface area contributed by atoms with E-state index < -0.39 is 0 Å². The van der Waals surface area contributed by atoms with Crippen molar-refractivity contribution in [3.63, 3.8) is 0 Å². The zero-order chi connectivity index (χ0) is 18.6. The highest BCUT2D eigenvalue weighted by atomic mass is 16.5. The Morgan fingerprint density at radius 2 is 1.84 bits per heavy atom. The third-order valence-corrected chi connectivity index (χ3v) is 4.43. The molecule has 0 saturated carbocycles. The number of amides is 2. The molecule has 5 nitrogen and oxygen atoms in total. The Labute approximate surface area is 150 Å². The van der Waals surface area contributed by atoms with E-state index in [1.807, 2.05) is 13.8 Å². The lowest BCUT2D eigenvalue weighted by atomic mass is 9.86. The molecule has 0 bridgehead atoms. The maximum atomic E-state index is 12.2. The maximum absolute atomic E-state index is 12.2. The molecule has 0 aliphatic rings. The van der Waals surface area contributed by atoms with Crippen molar-refractivity contribution in [2.45, 2.75) is 53.0 Å². The van der Waals surface area contributed by atoms with Gasteiger partial charge < -0.3 is 14.7 Å². The minimum absolute atomic E-state index is 0.0914. The third kappa shape index (κ3) is 5.08. The van der Waals surface area contributed by atoms with Crippen LogP contribution in [0, 0.1) is 13.8 Å². The smallest absolute Gasteiger partial charge is 0.317 e. The molecule has 2 rings (SSSR count). The van der Waals surface area contributed by atoms with Gasteiger partial charge in [0, 0.05) is 19.2 Å². The number of urea groups is 1. The molecular formula is C20H29N3O2. The number of aryl methyl sites for hydroxylation is 2. The van der Waals surface area contributed by atoms with E-state index in [-0.39, 0.29) is 11.4 Å². The zero-order valence-electron chi connectivity index (χ0n) is 16.1. The summed E-state index contributed by atoms with van der Waals surface area (Å²) in [5, 5.41) is 6.88. The van der Waals surface area contributed by atoms with Crippen molar-refractivity contribution in [2.75, 3.05) is 13.6 Å². The van der Waals surface area contributed by atoms with E-state index in [0.717, 1.165) is 23.4 Å². The highest BCUT2D eigenvalue weighted by Gasteiger charge is 2.15. The van der Waals surface area contributed by atoms with Crippen molar-refractivity contribution in [1.29, 1.82) is 0 Å². The first-order valence-electron chi connectivity index (χ1n) is 8.68. The van der Waals surface area contributed by atoms with Crippen LogP contribution in [-0.4, -0.2) is 29.7 Å². The minimum Gasteiger partial charge on any atom is -0.361 e. The molecule has 5 heteroatoms. The van der Waals surface area contributed by atoms with E-state index in [1.165, 1.54) is 11.1 Å². The zero-order valence-corrected chi connectivity index (χ0v) is 16.1. The van der Waals surface area contributed by atoms with E-state index in [4.69, 9.17) is 4.52 Å². The summed E-state index contributed by atoms with van der Waals surface area (Å²) in [6.07, 6.45) is 0.815. The van der Waals surface area contributed by atoms with Crippen LogP contribution >= 0.6 is 0 Å². The molecule has 0 fully saturated rings. The van der Waals surface area contributed by atoms with Gasteiger partial charge in [-0.1, -0.05) is 50.2 Å². The molecule has 1 heterocycles. The number of hydrogen-bond donors (Lipinski definition) is 1.